The van der Waals surface area contributed by atoms with Crippen molar-refractivity contribution in [2.45, 2.75) is 26.3 Å². The smallest absolute Gasteiger partial charge is 0.245 e. The minimum Gasteiger partial charge on any atom is -0.630 e. The summed E-state index contributed by atoms with van der Waals surface area (Å²) in [6, 6.07) is 12.9. The second-order valence-corrected chi connectivity index (χ2v) is 6.86. The molecule has 3 heterocycles. The topological polar surface area (TPSA) is 84.4 Å². The molecule has 0 radical (unpaired) electrons. The standard InChI is InChI=1S/C22H22N4O2/c1-3-8-17(16-10-4-5-11-18(16)24-27)21-19-13-7-14-25(19)23-22(21)20-12-6-9-15(2)26(20)28/h3-6,8-12H,1,7,13-14,24H2,2H3. The van der Waals surface area contributed by atoms with E-state index in [1.807, 2.05) is 35.0 Å². The van der Waals surface area contributed by atoms with E-state index in [4.69, 9.17) is 5.10 Å². The van der Waals surface area contributed by atoms with Crippen LogP contribution in [-0.2, 0) is 13.0 Å². The fourth-order valence-corrected chi connectivity index (χ4v) is 3.84. The van der Waals surface area contributed by atoms with Gasteiger partial charge in [-0.05, 0) is 36.6 Å². The Kier molecular flexibility index (Phi) is 4.81. The van der Waals surface area contributed by atoms with Gasteiger partial charge in [-0.2, -0.15) is 9.83 Å². The fourth-order valence-electron chi connectivity index (χ4n) is 3.84. The van der Waals surface area contributed by atoms with Crippen LogP contribution in [0.2, 0.25) is 0 Å². The SMILES string of the molecule is C=CC=C(c1ccccc1[NH2+][O-])c1c(-c2cccc(C)[n+]2[O-])nn2c1CCC2. The van der Waals surface area contributed by atoms with Crippen molar-refractivity contribution in [1.29, 1.82) is 0 Å². The van der Waals surface area contributed by atoms with Gasteiger partial charge in [0.15, 0.2) is 11.4 Å². The number of nitrogens with zero attached hydrogens (tertiary/aromatic N) is 3. The maximum absolute atomic E-state index is 12.8. The first-order valence-corrected chi connectivity index (χ1v) is 9.32. The number of allylic oxidation sites excluding steroid dienone is 2. The maximum Gasteiger partial charge on any atom is 0.245 e. The normalized spacial score (nSPS) is 13.6. The number of pyridine rings is 1. The van der Waals surface area contributed by atoms with Crippen molar-refractivity contribution < 1.29 is 10.2 Å². The third-order valence-corrected chi connectivity index (χ3v) is 5.15. The first-order valence-electron chi connectivity index (χ1n) is 9.32. The Bertz CT molecular complexity index is 1080. The summed E-state index contributed by atoms with van der Waals surface area (Å²) in [5.74, 6) is 0. The second kappa shape index (κ2) is 7.42. The fraction of sp³-hybridized carbons (Fsp3) is 0.182. The number of benzene rings is 1. The molecule has 4 rings (SSSR count). The molecule has 1 aliphatic rings. The molecular weight excluding hydrogens is 352 g/mol. The largest absolute Gasteiger partial charge is 0.630 e. The molecule has 1 aromatic carbocycles. The Balaban J connectivity index is 2.02. The Labute approximate surface area is 163 Å². The number of hydrogen-bond donors (Lipinski definition) is 1. The van der Waals surface area contributed by atoms with Gasteiger partial charge in [0.1, 0.15) is 5.69 Å². The number of nitrogens with two attached hydrogens (primary N) is 1. The molecule has 1 aliphatic heterocycles. The summed E-state index contributed by atoms with van der Waals surface area (Å²) in [6.45, 7) is 6.46. The highest BCUT2D eigenvalue weighted by atomic mass is 16.5. The van der Waals surface area contributed by atoms with E-state index in [2.05, 4.69) is 6.58 Å². The Morgan fingerprint density at radius 3 is 2.86 bits per heavy atom. The lowest BCUT2D eigenvalue weighted by molar-refractivity contribution is -0.600. The molecule has 0 saturated heterocycles. The van der Waals surface area contributed by atoms with Gasteiger partial charge in [-0.3, -0.25) is 4.68 Å². The Morgan fingerprint density at radius 1 is 1.25 bits per heavy atom. The van der Waals surface area contributed by atoms with Crippen LogP contribution < -0.4 is 10.2 Å². The highest BCUT2D eigenvalue weighted by Crippen LogP contribution is 2.38. The third-order valence-electron chi connectivity index (χ3n) is 5.15. The number of hydrogen-bond acceptors (Lipinski definition) is 3. The number of aryl methyl sites for hydroxylation is 2. The first kappa shape index (κ1) is 18.2. The molecule has 3 aromatic rings. The predicted molar refractivity (Wildman–Crippen MR) is 108 cm³/mol. The van der Waals surface area contributed by atoms with Crippen LogP contribution in [0.4, 0.5) is 5.69 Å². The van der Waals surface area contributed by atoms with Crippen LogP contribution in [0, 0.1) is 17.3 Å². The molecule has 0 amide bonds. The lowest BCUT2D eigenvalue weighted by Gasteiger charge is -2.14. The van der Waals surface area contributed by atoms with E-state index in [0.29, 0.717) is 22.8 Å². The van der Waals surface area contributed by atoms with Gasteiger partial charge >= 0.3 is 0 Å². The first-order chi connectivity index (χ1) is 13.7. The van der Waals surface area contributed by atoms with E-state index in [-0.39, 0.29) is 0 Å². The Hall–Kier alpha value is -3.22. The highest BCUT2D eigenvalue weighted by molar-refractivity contribution is 5.91. The molecule has 0 atom stereocenters. The van der Waals surface area contributed by atoms with Crippen LogP contribution in [0.25, 0.3) is 17.0 Å². The molecule has 142 valence electrons. The van der Waals surface area contributed by atoms with Gasteiger partial charge in [0.25, 0.3) is 0 Å². The highest BCUT2D eigenvalue weighted by Gasteiger charge is 2.30. The van der Waals surface area contributed by atoms with Crippen LogP contribution in [-0.4, -0.2) is 9.78 Å². The lowest BCUT2D eigenvalue weighted by atomic mass is 9.92. The summed E-state index contributed by atoms with van der Waals surface area (Å²) >= 11 is 0. The molecule has 0 saturated carbocycles. The molecule has 28 heavy (non-hydrogen) atoms. The van der Waals surface area contributed by atoms with Crippen LogP contribution in [0.5, 0.6) is 0 Å². The zero-order valence-corrected chi connectivity index (χ0v) is 15.8. The molecule has 0 aliphatic carbocycles. The van der Waals surface area contributed by atoms with E-state index in [0.717, 1.165) is 52.0 Å². The number of fused-ring (bicyclic) bond motifs is 1. The number of rotatable bonds is 5. The summed E-state index contributed by atoms with van der Waals surface area (Å²) in [4.78, 5) is 0. The third kappa shape index (κ3) is 2.93. The molecule has 2 N–H and O–H groups in total. The predicted octanol–water partition coefficient (Wildman–Crippen LogP) is 2.75. The monoisotopic (exact) mass is 374 g/mol. The molecule has 6 nitrogen and oxygen atoms in total. The van der Waals surface area contributed by atoms with Crippen LogP contribution in [0.1, 0.15) is 28.9 Å². The van der Waals surface area contributed by atoms with Crippen molar-refractivity contribution in [3.63, 3.8) is 0 Å². The molecule has 0 fully saturated rings. The van der Waals surface area contributed by atoms with Gasteiger partial charge in [-0.15, -0.1) is 0 Å². The summed E-state index contributed by atoms with van der Waals surface area (Å²) < 4.78 is 2.90. The molecule has 0 spiro atoms. The summed E-state index contributed by atoms with van der Waals surface area (Å²) in [5.41, 5.74) is 6.88. The van der Waals surface area contributed by atoms with Gasteiger partial charge in [-0.25, -0.2) is 0 Å². The molecule has 2 aromatic heterocycles. The van der Waals surface area contributed by atoms with Crippen LogP contribution in [0.15, 0.2) is 61.2 Å². The van der Waals surface area contributed by atoms with Crippen molar-refractivity contribution in [3.8, 4) is 11.4 Å². The Morgan fingerprint density at radius 2 is 2.07 bits per heavy atom. The average Bonchev–Trinajstić information content (AvgIpc) is 3.30. The zero-order valence-electron chi connectivity index (χ0n) is 15.8. The summed E-state index contributed by atoms with van der Waals surface area (Å²) in [7, 11) is 0. The van der Waals surface area contributed by atoms with E-state index >= 15 is 0 Å². The van der Waals surface area contributed by atoms with Gasteiger partial charge in [0.05, 0.1) is 0 Å². The lowest BCUT2D eigenvalue weighted by Crippen LogP contribution is -2.70. The number of aromatic nitrogens is 3. The van der Waals surface area contributed by atoms with E-state index < -0.39 is 0 Å². The van der Waals surface area contributed by atoms with Crippen molar-refractivity contribution in [1.82, 2.24) is 9.78 Å². The van der Waals surface area contributed by atoms with Gasteiger partial charge < -0.3 is 15.9 Å². The van der Waals surface area contributed by atoms with E-state index in [1.165, 1.54) is 0 Å². The maximum atomic E-state index is 12.8. The number of quaternary nitrogens is 1. The molecule has 0 bridgehead atoms. The molecule has 6 heteroatoms. The van der Waals surface area contributed by atoms with Crippen molar-refractivity contribution in [3.05, 3.63) is 94.1 Å². The molecule has 0 unspecified atom stereocenters. The zero-order chi connectivity index (χ0) is 19.7. The van der Waals surface area contributed by atoms with Gasteiger partial charge in [-0.1, -0.05) is 30.9 Å². The van der Waals surface area contributed by atoms with Crippen molar-refractivity contribution in [2.75, 3.05) is 0 Å². The van der Waals surface area contributed by atoms with Crippen LogP contribution >= 0.6 is 0 Å². The second-order valence-electron chi connectivity index (χ2n) is 6.86. The summed E-state index contributed by atoms with van der Waals surface area (Å²) in [5, 5.41) is 29.2. The van der Waals surface area contributed by atoms with Crippen LogP contribution in [0.3, 0.4) is 0 Å². The van der Waals surface area contributed by atoms with Gasteiger partial charge in [0, 0.05) is 42.4 Å². The van der Waals surface area contributed by atoms with E-state index in [9.17, 15) is 10.4 Å². The minimum absolute atomic E-state index is 0.510. The van der Waals surface area contributed by atoms with E-state index in [1.54, 1.807) is 31.2 Å². The summed E-state index contributed by atoms with van der Waals surface area (Å²) in [6.07, 6.45) is 5.50. The average molecular weight is 374 g/mol. The van der Waals surface area contributed by atoms with Crippen molar-refractivity contribution >= 4 is 11.3 Å². The quantitative estimate of drug-likeness (QED) is 0.245. The molecular formula is C22H22N4O2. The van der Waals surface area contributed by atoms with Crippen molar-refractivity contribution in [2.24, 2.45) is 0 Å². The minimum atomic E-state index is 0.510. The van der Waals surface area contributed by atoms with Gasteiger partial charge in [0.2, 0.25) is 5.69 Å².